The molecule has 40 heavy (non-hydrogen) atoms. The Morgan fingerprint density at radius 1 is 1.05 bits per heavy atom. The molecule has 0 spiro atoms. The lowest BCUT2D eigenvalue weighted by Gasteiger charge is -2.31. The summed E-state index contributed by atoms with van der Waals surface area (Å²) >= 11 is 0. The predicted molar refractivity (Wildman–Crippen MR) is 144 cm³/mol. The average Bonchev–Trinajstić information content (AvgIpc) is 3.33. The van der Waals surface area contributed by atoms with Gasteiger partial charge in [-0.25, -0.2) is 4.98 Å². The fraction of sp³-hybridized carbons (Fsp3) is 0.233. The first kappa shape index (κ1) is 27.1. The molecule has 1 aliphatic rings. The minimum atomic E-state index is -4.50. The Labute approximate surface area is 228 Å². The first-order chi connectivity index (χ1) is 19.2. The number of ether oxygens (including phenoxy) is 1. The first-order valence-corrected chi connectivity index (χ1v) is 12.8. The summed E-state index contributed by atoms with van der Waals surface area (Å²) in [6.07, 6.45) is -1.86. The van der Waals surface area contributed by atoms with E-state index in [0.717, 1.165) is 0 Å². The number of likely N-dealkylation sites (tertiary alicyclic amines) is 1. The van der Waals surface area contributed by atoms with Gasteiger partial charge in [0.05, 0.1) is 17.3 Å². The van der Waals surface area contributed by atoms with Crippen LogP contribution in [0.4, 0.5) is 17.6 Å². The molecule has 0 atom stereocenters. The maximum Gasteiger partial charge on any atom is 0.393 e. The van der Waals surface area contributed by atoms with Crippen LogP contribution in [0.1, 0.15) is 36.0 Å². The Morgan fingerprint density at radius 3 is 2.42 bits per heavy atom. The zero-order valence-electron chi connectivity index (χ0n) is 21.4. The molecular formula is C30H26F4N4O2. The number of aromatic nitrogens is 3. The van der Waals surface area contributed by atoms with Gasteiger partial charge in [0.2, 0.25) is 17.7 Å². The van der Waals surface area contributed by atoms with E-state index in [-0.39, 0.29) is 28.5 Å². The topological polar surface area (TPSA) is 71.1 Å². The van der Waals surface area contributed by atoms with Crippen LogP contribution in [0.25, 0.3) is 22.0 Å². The Morgan fingerprint density at radius 2 is 1.77 bits per heavy atom. The summed E-state index contributed by atoms with van der Waals surface area (Å²) in [5.74, 6) is -0.539. The Balaban J connectivity index is 1.53. The molecule has 10 heteroatoms. The molecule has 1 amide bonds. The summed E-state index contributed by atoms with van der Waals surface area (Å²) in [6, 6.07) is 16.3. The molecule has 4 aromatic rings. The number of alkyl halides is 3. The number of rotatable bonds is 7. The van der Waals surface area contributed by atoms with Crippen molar-refractivity contribution in [2.45, 2.75) is 31.5 Å². The molecule has 5 rings (SSSR count). The number of fused-ring (bicyclic) bond motifs is 1. The molecule has 1 N–H and O–H groups in total. The second-order valence-corrected chi connectivity index (χ2v) is 9.52. The summed E-state index contributed by atoms with van der Waals surface area (Å²) in [5, 5.41) is 6.32. The number of benzene rings is 2. The molecule has 1 fully saturated rings. The second kappa shape index (κ2) is 11.3. The van der Waals surface area contributed by atoms with Crippen LogP contribution in [-0.4, -0.2) is 51.4 Å². The van der Waals surface area contributed by atoms with E-state index in [0.29, 0.717) is 54.0 Å². The van der Waals surface area contributed by atoms with Crippen molar-refractivity contribution in [3.63, 3.8) is 0 Å². The van der Waals surface area contributed by atoms with Crippen molar-refractivity contribution in [2.75, 3.05) is 13.1 Å². The van der Waals surface area contributed by atoms with Crippen molar-refractivity contribution in [2.24, 2.45) is 0 Å². The highest BCUT2D eigenvalue weighted by atomic mass is 19.4. The quantitative estimate of drug-likeness (QED) is 0.161. The number of carbonyl (C=O) groups is 1. The Hall–Kier alpha value is -4.47. The standard InChI is InChI=1S/C30H26F4N4O2/c1-2-27(39)38-14-12-22(13-15-38)40-26-11-9-21(18-35-26)28(20-8-10-25-23(16-20)29(31)37-36-25)24(17-30(32,33)34)19-6-4-3-5-7-19/h2-11,16,18,22H,1,12-15,17H2,(H,36,37). The second-order valence-electron chi connectivity index (χ2n) is 9.52. The van der Waals surface area contributed by atoms with Crippen molar-refractivity contribution in [1.82, 2.24) is 20.1 Å². The molecule has 3 heterocycles. The van der Waals surface area contributed by atoms with Gasteiger partial charge in [-0.2, -0.15) is 17.6 Å². The van der Waals surface area contributed by atoms with Gasteiger partial charge in [-0.15, -0.1) is 5.10 Å². The zero-order valence-corrected chi connectivity index (χ0v) is 21.4. The average molecular weight is 551 g/mol. The molecular weight excluding hydrogens is 524 g/mol. The third kappa shape index (κ3) is 6.06. The number of nitrogens with one attached hydrogen (secondary N) is 1. The summed E-state index contributed by atoms with van der Waals surface area (Å²) in [4.78, 5) is 17.9. The number of hydrogen-bond acceptors (Lipinski definition) is 4. The monoisotopic (exact) mass is 550 g/mol. The van der Waals surface area contributed by atoms with Crippen molar-refractivity contribution < 1.29 is 27.1 Å². The lowest BCUT2D eigenvalue weighted by Crippen LogP contribution is -2.41. The van der Waals surface area contributed by atoms with Gasteiger partial charge < -0.3 is 9.64 Å². The number of hydrogen-bond donors (Lipinski definition) is 1. The highest BCUT2D eigenvalue weighted by molar-refractivity contribution is 6.00. The lowest BCUT2D eigenvalue weighted by atomic mass is 9.88. The van der Waals surface area contributed by atoms with Gasteiger partial charge in [0.25, 0.3) is 0 Å². The van der Waals surface area contributed by atoms with Gasteiger partial charge in [-0.1, -0.05) is 43.0 Å². The van der Waals surface area contributed by atoms with Gasteiger partial charge in [0.15, 0.2) is 0 Å². The molecule has 6 nitrogen and oxygen atoms in total. The van der Waals surface area contributed by atoms with E-state index in [9.17, 15) is 22.4 Å². The maximum atomic E-state index is 14.4. The normalized spacial score (nSPS) is 15.2. The third-order valence-corrected chi connectivity index (χ3v) is 6.85. The fourth-order valence-corrected chi connectivity index (χ4v) is 4.92. The molecule has 206 valence electrons. The van der Waals surface area contributed by atoms with Gasteiger partial charge in [0, 0.05) is 43.8 Å². The van der Waals surface area contributed by atoms with Gasteiger partial charge in [-0.3, -0.25) is 9.89 Å². The van der Waals surface area contributed by atoms with Crippen molar-refractivity contribution >= 4 is 28.0 Å². The molecule has 0 aliphatic carbocycles. The Kier molecular flexibility index (Phi) is 7.68. The van der Waals surface area contributed by atoms with Crippen LogP contribution >= 0.6 is 0 Å². The van der Waals surface area contributed by atoms with Crippen LogP contribution in [0.5, 0.6) is 5.88 Å². The van der Waals surface area contributed by atoms with Crippen LogP contribution in [-0.2, 0) is 4.79 Å². The molecule has 1 saturated heterocycles. The number of allylic oxidation sites excluding steroid dienone is 1. The summed E-state index contributed by atoms with van der Waals surface area (Å²) in [6.45, 7) is 4.58. The number of nitrogens with zero attached hydrogens (tertiary/aromatic N) is 3. The van der Waals surface area contributed by atoms with E-state index in [1.807, 2.05) is 0 Å². The number of H-pyrrole nitrogens is 1. The van der Waals surface area contributed by atoms with Crippen molar-refractivity contribution in [3.05, 3.63) is 102 Å². The van der Waals surface area contributed by atoms with Crippen LogP contribution < -0.4 is 4.74 Å². The Bertz CT molecular complexity index is 1540. The predicted octanol–water partition coefficient (Wildman–Crippen LogP) is 6.56. The maximum absolute atomic E-state index is 14.4. The fourth-order valence-electron chi connectivity index (χ4n) is 4.92. The SMILES string of the molecule is C=CC(=O)N1CCC(Oc2ccc(C(=C(CC(F)(F)F)c3ccccc3)c3ccc4[nH]nc(F)c4c3)cn2)CC1. The largest absolute Gasteiger partial charge is 0.474 e. The summed E-state index contributed by atoms with van der Waals surface area (Å²) < 4.78 is 62.1. The molecule has 0 bridgehead atoms. The van der Waals surface area contributed by atoms with E-state index < -0.39 is 18.5 Å². The molecule has 0 radical (unpaired) electrons. The zero-order chi connectivity index (χ0) is 28.3. The molecule has 2 aromatic carbocycles. The van der Waals surface area contributed by atoms with Crippen molar-refractivity contribution in [3.8, 4) is 5.88 Å². The highest BCUT2D eigenvalue weighted by Crippen LogP contribution is 2.40. The smallest absolute Gasteiger partial charge is 0.393 e. The van der Waals surface area contributed by atoms with E-state index in [2.05, 4.69) is 21.8 Å². The summed E-state index contributed by atoms with van der Waals surface area (Å²) in [7, 11) is 0. The number of amides is 1. The van der Waals surface area contributed by atoms with Crippen LogP contribution in [0.3, 0.4) is 0 Å². The molecule has 0 saturated carbocycles. The number of halogens is 4. The van der Waals surface area contributed by atoms with E-state index in [1.54, 1.807) is 59.5 Å². The lowest BCUT2D eigenvalue weighted by molar-refractivity contribution is -0.127. The van der Waals surface area contributed by atoms with Gasteiger partial charge in [-0.05, 0) is 46.5 Å². The van der Waals surface area contributed by atoms with Gasteiger partial charge in [0.1, 0.15) is 6.10 Å². The molecule has 1 aliphatic heterocycles. The number of piperidine rings is 1. The molecule has 0 unspecified atom stereocenters. The van der Waals surface area contributed by atoms with Crippen LogP contribution in [0.15, 0.2) is 79.5 Å². The number of carbonyl (C=O) groups excluding carboxylic acids is 1. The van der Waals surface area contributed by atoms with Crippen molar-refractivity contribution in [1.29, 1.82) is 0 Å². The third-order valence-electron chi connectivity index (χ3n) is 6.85. The number of pyridine rings is 1. The highest BCUT2D eigenvalue weighted by Gasteiger charge is 2.32. The van der Waals surface area contributed by atoms with Crippen LogP contribution in [0.2, 0.25) is 0 Å². The minimum Gasteiger partial charge on any atom is -0.474 e. The number of aromatic amines is 1. The van der Waals surface area contributed by atoms with Crippen LogP contribution in [0, 0.1) is 5.95 Å². The minimum absolute atomic E-state index is 0.0334. The summed E-state index contributed by atoms with van der Waals surface area (Å²) in [5.41, 5.74) is 1.95. The van der Waals surface area contributed by atoms with Gasteiger partial charge >= 0.3 is 6.18 Å². The van der Waals surface area contributed by atoms with E-state index >= 15 is 0 Å². The van der Waals surface area contributed by atoms with E-state index in [4.69, 9.17) is 4.74 Å². The van der Waals surface area contributed by atoms with E-state index in [1.165, 1.54) is 18.3 Å². The first-order valence-electron chi connectivity index (χ1n) is 12.8. The molecule has 2 aromatic heterocycles.